The number of nitrogens with zero attached hydrogens (tertiary/aromatic N) is 2. The Bertz CT molecular complexity index is 1340. The Kier molecular flexibility index (Phi) is 6.04. The zero-order valence-electron chi connectivity index (χ0n) is 22.3. The van der Waals surface area contributed by atoms with Crippen LogP contribution in [-0.4, -0.2) is 58.8 Å². The van der Waals surface area contributed by atoms with E-state index in [4.69, 9.17) is 28.2 Å². The number of sulfonamides is 1. The minimum absolute atomic E-state index is 0.0179. The molecule has 39 heavy (non-hydrogen) atoms. The standard InChI is InChI=1S/C27H34Cl2F2N4O3S/c1-23(2)20(21(36)33-26-9-17(10-26)11-26)32-22(34-23)25-13-27(14-25,15-25)35(39(37,38)7-6-24(3,30)31)12-16-4-5-18(28)19(29)8-16/h4-5,8,17,20H,6-7,9-15H2,1-3H3,(H,32,34)(H,33,36)/t17?,20-,25?,26?,27?/m0/s1. The first kappa shape index (κ1) is 27.7. The van der Waals surface area contributed by atoms with Crippen molar-refractivity contribution in [2.45, 2.75) is 101 Å². The molecule has 1 aromatic rings. The first-order valence-corrected chi connectivity index (χ1v) is 15.8. The molecule has 0 spiro atoms. The number of carbonyl (C=O) groups excluding carboxylic acids is 1. The fourth-order valence-electron chi connectivity index (χ4n) is 7.35. The quantitative estimate of drug-likeness (QED) is 0.398. The van der Waals surface area contributed by atoms with Crippen LogP contribution in [0, 0.1) is 11.3 Å². The monoisotopic (exact) mass is 602 g/mol. The van der Waals surface area contributed by atoms with Crippen LogP contribution in [0.25, 0.3) is 0 Å². The maximum absolute atomic E-state index is 13.6. The summed E-state index contributed by atoms with van der Waals surface area (Å²) in [6.45, 7) is 4.62. The highest BCUT2D eigenvalue weighted by molar-refractivity contribution is 7.89. The largest absolute Gasteiger partial charge is 0.360 e. The molecule has 4 bridgehead atoms. The molecule has 0 unspecified atom stereocenters. The summed E-state index contributed by atoms with van der Waals surface area (Å²) in [5.41, 5.74) is -1.06. The van der Waals surface area contributed by atoms with Gasteiger partial charge in [0.15, 0.2) is 0 Å². The Hall–Kier alpha value is -1.49. The molecule has 0 aromatic heterocycles. The van der Waals surface area contributed by atoms with Gasteiger partial charge in [0, 0.05) is 29.5 Å². The number of amidine groups is 1. The van der Waals surface area contributed by atoms with Gasteiger partial charge in [-0.3, -0.25) is 9.79 Å². The lowest BCUT2D eigenvalue weighted by molar-refractivity contribution is -0.151. The molecule has 6 aliphatic carbocycles. The van der Waals surface area contributed by atoms with Crippen molar-refractivity contribution in [3.8, 4) is 0 Å². The third-order valence-corrected chi connectivity index (χ3v) is 12.2. The van der Waals surface area contributed by atoms with Crippen LogP contribution in [0.4, 0.5) is 8.78 Å². The molecule has 2 N–H and O–H groups in total. The van der Waals surface area contributed by atoms with Crippen LogP contribution in [0.2, 0.25) is 10.0 Å². The summed E-state index contributed by atoms with van der Waals surface area (Å²) in [7, 11) is -4.01. The van der Waals surface area contributed by atoms with E-state index < -0.39 is 45.2 Å². The van der Waals surface area contributed by atoms with Gasteiger partial charge in [0.25, 0.3) is 0 Å². The number of hydrogen-bond acceptors (Lipinski definition) is 5. The summed E-state index contributed by atoms with van der Waals surface area (Å²) in [6, 6.07) is 4.43. The maximum atomic E-state index is 13.6. The normalized spacial score (nSPS) is 35.6. The third-order valence-electron chi connectivity index (χ3n) is 9.55. The molecular formula is C27H34Cl2F2N4O3S. The topological polar surface area (TPSA) is 90.9 Å². The highest BCUT2D eigenvalue weighted by Crippen LogP contribution is 2.71. The Morgan fingerprint density at radius 2 is 1.82 bits per heavy atom. The van der Waals surface area contributed by atoms with E-state index in [9.17, 15) is 22.0 Å². The van der Waals surface area contributed by atoms with Crippen molar-refractivity contribution in [3.05, 3.63) is 33.8 Å². The number of halogens is 4. The van der Waals surface area contributed by atoms with E-state index in [0.29, 0.717) is 34.9 Å². The van der Waals surface area contributed by atoms with Crippen LogP contribution in [0.15, 0.2) is 23.2 Å². The Morgan fingerprint density at radius 1 is 1.18 bits per heavy atom. The summed E-state index contributed by atoms with van der Waals surface area (Å²) in [4.78, 5) is 18.1. The molecule has 1 aliphatic heterocycles. The fraction of sp³-hybridized carbons (Fsp3) is 0.704. The average Bonchev–Trinajstić information content (AvgIpc) is 3.03. The lowest BCUT2D eigenvalue weighted by Crippen LogP contribution is -2.79. The second kappa shape index (κ2) is 8.52. The minimum Gasteiger partial charge on any atom is -0.360 e. The molecular weight excluding hydrogens is 569 g/mol. The summed E-state index contributed by atoms with van der Waals surface area (Å²) >= 11 is 12.2. The SMILES string of the molecule is CC(F)(F)CCS(=O)(=O)N(Cc1ccc(Cl)c(Cl)c1)C12CC(C3=NC(C)(C)[C@H](C(=O)NC45CC(C4)C5)N3)(C1)C2. The van der Waals surface area contributed by atoms with Crippen LogP contribution in [0.1, 0.15) is 71.3 Å². The van der Waals surface area contributed by atoms with Gasteiger partial charge >= 0.3 is 0 Å². The third kappa shape index (κ3) is 4.57. The van der Waals surface area contributed by atoms with Gasteiger partial charge in [-0.2, -0.15) is 4.31 Å². The number of rotatable bonds is 10. The molecule has 214 valence electrons. The fourth-order valence-corrected chi connectivity index (χ4v) is 9.64. The summed E-state index contributed by atoms with van der Waals surface area (Å²) in [5.74, 6) is -2.28. The van der Waals surface area contributed by atoms with Crippen molar-refractivity contribution in [3.63, 3.8) is 0 Å². The number of benzene rings is 1. The first-order valence-electron chi connectivity index (χ1n) is 13.5. The van der Waals surface area contributed by atoms with E-state index in [1.54, 1.807) is 18.2 Å². The number of alkyl halides is 2. The van der Waals surface area contributed by atoms with Crippen molar-refractivity contribution in [1.82, 2.24) is 14.9 Å². The molecule has 1 atom stereocenters. The molecule has 0 radical (unpaired) electrons. The highest BCUT2D eigenvalue weighted by Gasteiger charge is 2.75. The molecule has 1 heterocycles. The second-order valence-corrected chi connectivity index (χ2v) is 16.2. The Labute approximate surface area is 238 Å². The van der Waals surface area contributed by atoms with Crippen LogP contribution < -0.4 is 10.6 Å². The lowest BCUT2D eigenvalue weighted by Gasteiger charge is -2.73. The van der Waals surface area contributed by atoms with Gasteiger partial charge in [-0.15, -0.1) is 0 Å². The molecule has 1 amide bonds. The number of nitrogens with one attached hydrogen (secondary N) is 2. The van der Waals surface area contributed by atoms with Crippen molar-refractivity contribution in [1.29, 1.82) is 0 Å². The molecule has 8 rings (SSSR count). The molecule has 6 fully saturated rings. The van der Waals surface area contributed by atoms with Crippen LogP contribution >= 0.6 is 23.2 Å². The minimum atomic E-state index is -4.01. The zero-order valence-corrected chi connectivity index (χ0v) is 24.6. The lowest BCUT2D eigenvalue weighted by atomic mass is 9.38. The summed E-state index contributed by atoms with van der Waals surface area (Å²) in [5, 5.41) is 7.29. The Balaban J connectivity index is 1.19. The van der Waals surface area contributed by atoms with Gasteiger partial charge in [-0.25, -0.2) is 17.2 Å². The van der Waals surface area contributed by atoms with Gasteiger partial charge in [0.2, 0.25) is 21.9 Å². The van der Waals surface area contributed by atoms with E-state index in [-0.39, 0.29) is 23.4 Å². The average molecular weight is 604 g/mol. The predicted molar refractivity (Wildman–Crippen MR) is 147 cm³/mol. The van der Waals surface area contributed by atoms with Crippen LogP contribution in [-0.2, 0) is 21.4 Å². The molecule has 7 aliphatic rings. The van der Waals surface area contributed by atoms with E-state index in [1.165, 1.54) is 4.31 Å². The van der Waals surface area contributed by atoms with Crippen molar-refractivity contribution in [2.24, 2.45) is 16.3 Å². The van der Waals surface area contributed by atoms with Gasteiger partial charge in [0.1, 0.15) is 11.9 Å². The van der Waals surface area contributed by atoms with Crippen molar-refractivity contribution >= 4 is 45.0 Å². The molecule has 1 aromatic carbocycles. The van der Waals surface area contributed by atoms with Crippen LogP contribution in [0.3, 0.4) is 0 Å². The maximum Gasteiger partial charge on any atom is 0.246 e. The summed E-state index contributed by atoms with van der Waals surface area (Å²) in [6.07, 6.45) is 3.97. The first-order chi connectivity index (χ1) is 18.0. The smallest absolute Gasteiger partial charge is 0.246 e. The molecule has 0 saturated heterocycles. The van der Waals surface area contributed by atoms with Gasteiger partial charge < -0.3 is 10.6 Å². The highest BCUT2D eigenvalue weighted by atomic mass is 35.5. The van der Waals surface area contributed by atoms with Gasteiger partial charge in [-0.1, -0.05) is 29.3 Å². The molecule has 12 heteroatoms. The van der Waals surface area contributed by atoms with E-state index in [0.717, 1.165) is 37.9 Å². The number of hydrogen-bond donors (Lipinski definition) is 2. The zero-order chi connectivity index (χ0) is 28.2. The summed E-state index contributed by atoms with van der Waals surface area (Å²) < 4.78 is 55.6. The number of aliphatic imine (C=N–C) groups is 1. The van der Waals surface area contributed by atoms with Crippen molar-refractivity contribution < 1.29 is 22.0 Å². The predicted octanol–water partition coefficient (Wildman–Crippen LogP) is 4.91. The Morgan fingerprint density at radius 3 is 2.36 bits per heavy atom. The number of carbonyl (C=O) groups is 1. The van der Waals surface area contributed by atoms with E-state index >= 15 is 0 Å². The second-order valence-electron chi connectivity index (χ2n) is 13.4. The number of amides is 1. The molecule has 7 nitrogen and oxygen atoms in total. The van der Waals surface area contributed by atoms with E-state index in [2.05, 4.69) is 10.6 Å². The van der Waals surface area contributed by atoms with Crippen LogP contribution in [0.5, 0.6) is 0 Å². The van der Waals surface area contributed by atoms with Crippen molar-refractivity contribution in [2.75, 3.05) is 5.75 Å². The van der Waals surface area contributed by atoms with Gasteiger partial charge in [-0.05, 0) is 82.9 Å². The van der Waals surface area contributed by atoms with E-state index in [1.807, 2.05) is 13.8 Å². The molecule has 6 saturated carbocycles. The van der Waals surface area contributed by atoms with Gasteiger partial charge in [0.05, 0.1) is 21.3 Å².